The predicted octanol–water partition coefficient (Wildman–Crippen LogP) is 5.60. The van der Waals surface area contributed by atoms with Gasteiger partial charge in [-0.05, 0) is 72.3 Å². The van der Waals surface area contributed by atoms with Crippen LogP contribution in [0.3, 0.4) is 0 Å². The van der Waals surface area contributed by atoms with Crippen molar-refractivity contribution in [2.24, 2.45) is 4.99 Å². The third-order valence-electron chi connectivity index (χ3n) is 4.41. The lowest BCUT2D eigenvalue weighted by Crippen LogP contribution is -2.19. The molecule has 0 bridgehead atoms. The van der Waals surface area contributed by atoms with E-state index in [2.05, 4.69) is 10.3 Å². The Morgan fingerprint density at radius 1 is 1.00 bits per heavy atom. The van der Waals surface area contributed by atoms with Crippen molar-refractivity contribution in [3.8, 4) is 5.75 Å². The number of aryl methyl sites for hydroxylation is 1. The molecule has 150 valence electrons. The number of amides is 1. The summed E-state index contributed by atoms with van der Waals surface area (Å²) in [6.45, 7) is 2.38. The van der Waals surface area contributed by atoms with Gasteiger partial charge in [0.1, 0.15) is 18.2 Å². The first-order valence-electron chi connectivity index (χ1n) is 9.39. The zero-order valence-electron chi connectivity index (χ0n) is 16.3. The number of nitrogens with one attached hydrogen (secondary N) is 1. The van der Waals surface area contributed by atoms with Crippen molar-refractivity contribution in [3.63, 3.8) is 0 Å². The molecule has 1 aliphatic heterocycles. The van der Waals surface area contributed by atoms with Crippen LogP contribution in [0.5, 0.6) is 5.75 Å². The smallest absolute Gasteiger partial charge is 0.264 e. The Morgan fingerprint density at radius 2 is 1.70 bits per heavy atom. The number of nitrogens with zero attached hydrogens (tertiary/aromatic N) is 1. The zero-order valence-corrected chi connectivity index (χ0v) is 17.1. The molecule has 0 spiro atoms. The summed E-state index contributed by atoms with van der Waals surface area (Å²) in [6.07, 6.45) is 1.82. The first kappa shape index (κ1) is 19.9. The molecule has 4 rings (SSSR count). The van der Waals surface area contributed by atoms with Gasteiger partial charge in [0.05, 0.1) is 10.6 Å². The van der Waals surface area contributed by atoms with Crippen LogP contribution >= 0.6 is 11.8 Å². The van der Waals surface area contributed by atoms with Crippen LogP contribution in [-0.2, 0) is 11.4 Å². The number of halogens is 1. The van der Waals surface area contributed by atoms with Gasteiger partial charge in [-0.15, -0.1) is 0 Å². The number of rotatable bonds is 5. The summed E-state index contributed by atoms with van der Waals surface area (Å²) in [4.78, 5) is 17.3. The molecule has 6 heteroatoms. The van der Waals surface area contributed by atoms with Crippen LogP contribution in [0.4, 0.5) is 10.1 Å². The second kappa shape index (κ2) is 8.97. The van der Waals surface area contributed by atoms with E-state index >= 15 is 0 Å². The first-order valence-corrected chi connectivity index (χ1v) is 10.2. The van der Waals surface area contributed by atoms with Crippen molar-refractivity contribution in [1.29, 1.82) is 0 Å². The van der Waals surface area contributed by atoms with Gasteiger partial charge in [0.2, 0.25) is 0 Å². The number of carbonyl (C=O) groups excluding carboxylic acids is 1. The highest BCUT2D eigenvalue weighted by molar-refractivity contribution is 8.18. The van der Waals surface area contributed by atoms with Crippen molar-refractivity contribution in [2.45, 2.75) is 13.5 Å². The quantitative estimate of drug-likeness (QED) is 0.549. The Hall–Kier alpha value is -3.38. The molecule has 1 N–H and O–H groups in total. The van der Waals surface area contributed by atoms with Gasteiger partial charge in [-0.1, -0.05) is 42.0 Å². The molecule has 4 nitrogen and oxygen atoms in total. The average Bonchev–Trinajstić information content (AvgIpc) is 3.09. The number of amidine groups is 1. The Labute approximate surface area is 178 Å². The molecule has 0 unspecified atom stereocenters. The number of ether oxygens (including phenoxy) is 1. The highest BCUT2D eigenvalue weighted by Gasteiger charge is 2.23. The highest BCUT2D eigenvalue weighted by atomic mass is 32.2. The molecule has 1 heterocycles. The summed E-state index contributed by atoms with van der Waals surface area (Å²) in [5.41, 5.74) is 3.74. The maximum atomic E-state index is 13.0. The second-order valence-electron chi connectivity index (χ2n) is 6.80. The first-order chi connectivity index (χ1) is 14.5. The van der Waals surface area contributed by atoms with Crippen molar-refractivity contribution in [1.82, 2.24) is 5.32 Å². The van der Waals surface area contributed by atoms with Gasteiger partial charge < -0.3 is 10.1 Å². The third-order valence-corrected chi connectivity index (χ3v) is 5.32. The molecule has 0 saturated carbocycles. The summed E-state index contributed by atoms with van der Waals surface area (Å²) in [6, 6.07) is 21.5. The van der Waals surface area contributed by atoms with E-state index in [0.29, 0.717) is 22.4 Å². The van der Waals surface area contributed by atoms with Crippen LogP contribution in [0.15, 0.2) is 82.7 Å². The Morgan fingerprint density at radius 3 is 2.40 bits per heavy atom. The molecule has 3 aromatic rings. The van der Waals surface area contributed by atoms with E-state index in [4.69, 9.17) is 4.74 Å². The highest BCUT2D eigenvalue weighted by Crippen LogP contribution is 2.28. The minimum Gasteiger partial charge on any atom is -0.489 e. The summed E-state index contributed by atoms with van der Waals surface area (Å²) in [7, 11) is 0. The van der Waals surface area contributed by atoms with Gasteiger partial charge in [0.25, 0.3) is 5.91 Å². The van der Waals surface area contributed by atoms with E-state index in [1.807, 2.05) is 61.5 Å². The SMILES string of the molecule is Cc1ccc(N=C2NC(=O)C(=Cc3ccc(OCc4ccc(F)cc4)cc3)S2)cc1. The Kier molecular flexibility index (Phi) is 5.95. The molecule has 1 aliphatic rings. The molecule has 1 fully saturated rings. The van der Waals surface area contributed by atoms with Crippen LogP contribution in [0.1, 0.15) is 16.7 Å². The van der Waals surface area contributed by atoms with Gasteiger partial charge in [0, 0.05) is 0 Å². The Bertz CT molecular complexity index is 1110. The number of aliphatic imine (C=N–C) groups is 1. The van der Waals surface area contributed by atoms with Crippen molar-refractivity contribution < 1.29 is 13.9 Å². The second-order valence-corrected chi connectivity index (χ2v) is 7.83. The number of thioether (sulfide) groups is 1. The number of hydrogen-bond donors (Lipinski definition) is 1. The van der Waals surface area contributed by atoms with E-state index in [0.717, 1.165) is 22.4 Å². The van der Waals surface area contributed by atoms with Gasteiger partial charge >= 0.3 is 0 Å². The molecule has 3 aromatic carbocycles. The monoisotopic (exact) mass is 418 g/mol. The van der Waals surface area contributed by atoms with Crippen molar-refractivity contribution in [3.05, 3.63) is 100 Å². The molecule has 0 radical (unpaired) electrons. The summed E-state index contributed by atoms with van der Waals surface area (Å²) in [5.74, 6) is 0.270. The van der Waals surface area contributed by atoms with E-state index < -0.39 is 0 Å². The van der Waals surface area contributed by atoms with E-state index in [9.17, 15) is 9.18 Å². The van der Waals surface area contributed by atoms with Crippen LogP contribution in [0.2, 0.25) is 0 Å². The van der Waals surface area contributed by atoms with Gasteiger partial charge in [0.15, 0.2) is 5.17 Å². The van der Waals surface area contributed by atoms with Crippen molar-refractivity contribution in [2.75, 3.05) is 0 Å². The third kappa shape index (κ3) is 5.15. The maximum absolute atomic E-state index is 13.0. The molecule has 0 atom stereocenters. The van der Waals surface area contributed by atoms with Crippen molar-refractivity contribution >= 4 is 34.6 Å². The molecule has 1 amide bonds. The number of carbonyl (C=O) groups is 1. The lowest BCUT2D eigenvalue weighted by Gasteiger charge is -2.06. The number of hydrogen-bond acceptors (Lipinski definition) is 4. The van der Waals surface area contributed by atoms with E-state index in [-0.39, 0.29) is 11.7 Å². The van der Waals surface area contributed by atoms with E-state index in [1.165, 1.54) is 23.9 Å². The average molecular weight is 418 g/mol. The molecule has 1 saturated heterocycles. The minimum atomic E-state index is -0.267. The topological polar surface area (TPSA) is 50.7 Å². The van der Waals surface area contributed by atoms with Crippen LogP contribution in [0, 0.1) is 12.7 Å². The molecule has 30 heavy (non-hydrogen) atoms. The molecular weight excluding hydrogens is 399 g/mol. The molecular formula is C24H19FN2O2S. The summed E-state index contributed by atoms with van der Waals surface area (Å²) >= 11 is 1.31. The molecule has 0 aromatic heterocycles. The largest absolute Gasteiger partial charge is 0.489 e. The van der Waals surface area contributed by atoms with Gasteiger partial charge in [-0.2, -0.15) is 0 Å². The van der Waals surface area contributed by atoms with Crippen LogP contribution < -0.4 is 10.1 Å². The lowest BCUT2D eigenvalue weighted by molar-refractivity contribution is -0.115. The predicted molar refractivity (Wildman–Crippen MR) is 119 cm³/mol. The summed E-state index contributed by atoms with van der Waals surface area (Å²) < 4.78 is 18.7. The van der Waals surface area contributed by atoms with Gasteiger partial charge in [-0.3, -0.25) is 4.79 Å². The fourth-order valence-electron chi connectivity index (χ4n) is 2.78. The lowest BCUT2D eigenvalue weighted by atomic mass is 10.2. The fraction of sp³-hybridized carbons (Fsp3) is 0.0833. The fourth-order valence-corrected chi connectivity index (χ4v) is 3.62. The standard InChI is InChI=1S/C24H19FN2O2S/c1-16-2-10-20(11-3-16)26-24-27-23(28)22(30-24)14-17-6-12-21(13-7-17)29-15-18-4-8-19(25)9-5-18/h2-14H,15H2,1H3,(H,26,27,28). The molecule has 0 aliphatic carbocycles. The Balaban J connectivity index is 1.39. The zero-order chi connectivity index (χ0) is 20.9. The normalized spacial score (nSPS) is 16.1. The number of benzene rings is 3. The van der Waals surface area contributed by atoms with E-state index in [1.54, 1.807) is 12.1 Å². The maximum Gasteiger partial charge on any atom is 0.264 e. The van der Waals surface area contributed by atoms with Crippen LogP contribution in [-0.4, -0.2) is 11.1 Å². The van der Waals surface area contributed by atoms with Crippen LogP contribution in [0.25, 0.3) is 6.08 Å². The van der Waals surface area contributed by atoms with Gasteiger partial charge in [-0.25, -0.2) is 9.38 Å². The minimum absolute atomic E-state index is 0.164. The summed E-state index contributed by atoms with van der Waals surface area (Å²) in [5, 5.41) is 3.36.